The molecule has 4 nitrogen and oxygen atoms in total. The van der Waals surface area contributed by atoms with Crippen LogP contribution in [0.15, 0.2) is 12.2 Å². The number of carbonyl (C=O) groups is 1. The van der Waals surface area contributed by atoms with Gasteiger partial charge in [0.15, 0.2) is 0 Å². The highest BCUT2D eigenvalue weighted by Crippen LogP contribution is 2.18. The van der Waals surface area contributed by atoms with Gasteiger partial charge in [0.1, 0.15) is 0 Å². The molecule has 1 amide bonds. The van der Waals surface area contributed by atoms with Crippen molar-refractivity contribution in [2.75, 3.05) is 32.7 Å². The molecule has 0 spiro atoms. The van der Waals surface area contributed by atoms with Crippen molar-refractivity contribution in [3.63, 3.8) is 0 Å². The molecule has 0 aromatic rings. The zero-order valence-electron chi connectivity index (χ0n) is 13.7. The second-order valence-corrected chi connectivity index (χ2v) is 6.67. The van der Waals surface area contributed by atoms with Gasteiger partial charge in [0.05, 0.1) is 6.54 Å². The summed E-state index contributed by atoms with van der Waals surface area (Å²) in [5.41, 5.74) is 0. The summed E-state index contributed by atoms with van der Waals surface area (Å²) in [7, 11) is 0. The SMILES string of the molecule is CC(C)NC(=O)CN1CCN(C2C=CCCCCC2)CC1. The monoisotopic (exact) mass is 293 g/mol. The molecule has 0 bridgehead atoms. The highest BCUT2D eigenvalue weighted by molar-refractivity contribution is 5.78. The fourth-order valence-electron chi connectivity index (χ4n) is 3.27. The summed E-state index contributed by atoms with van der Waals surface area (Å²) in [5, 5.41) is 2.97. The van der Waals surface area contributed by atoms with Crippen LogP contribution in [-0.2, 0) is 4.79 Å². The molecule has 2 rings (SSSR count). The van der Waals surface area contributed by atoms with E-state index in [0.717, 1.165) is 26.2 Å². The fraction of sp³-hybridized carbons (Fsp3) is 0.824. The molecule has 1 unspecified atom stereocenters. The summed E-state index contributed by atoms with van der Waals surface area (Å²) >= 11 is 0. The van der Waals surface area contributed by atoms with E-state index < -0.39 is 0 Å². The first kappa shape index (κ1) is 16.5. The molecule has 0 radical (unpaired) electrons. The van der Waals surface area contributed by atoms with Gasteiger partial charge >= 0.3 is 0 Å². The molecular weight excluding hydrogens is 262 g/mol. The Morgan fingerprint density at radius 3 is 2.67 bits per heavy atom. The van der Waals surface area contributed by atoms with Crippen molar-refractivity contribution in [2.24, 2.45) is 0 Å². The maximum Gasteiger partial charge on any atom is 0.234 e. The molecule has 1 aliphatic carbocycles. The summed E-state index contributed by atoms with van der Waals surface area (Å²) < 4.78 is 0. The van der Waals surface area contributed by atoms with Crippen LogP contribution in [0.4, 0.5) is 0 Å². The average molecular weight is 293 g/mol. The van der Waals surface area contributed by atoms with E-state index in [1.165, 1.54) is 32.1 Å². The van der Waals surface area contributed by atoms with E-state index in [0.29, 0.717) is 12.6 Å². The topological polar surface area (TPSA) is 35.6 Å². The maximum atomic E-state index is 11.8. The van der Waals surface area contributed by atoms with Gasteiger partial charge in [-0.25, -0.2) is 0 Å². The highest BCUT2D eigenvalue weighted by Gasteiger charge is 2.23. The third kappa shape index (κ3) is 5.79. The third-order valence-corrected chi connectivity index (χ3v) is 4.42. The third-order valence-electron chi connectivity index (χ3n) is 4.42. The van der Waals surface area contributed by atoms with Gasteiger partial charge in [0.2, 0.25) is 5.91 Å². The lowest BCUT2D eigenvalue weighted by molar-refractivity contribution is -0.123. The van der Waals surface area contributed by atoms with Crippen molar-refractivity contribution in [1.82, 2.24) is 15.1 Å². The van der Waals surface area contributed by atoms with Crippen LogP contribution >= 0.6 is 0 Å². The number of allylic oxidation sites excluding steroid dienone is 1. The molecule has 0 aromatic carbocycles. The first-order valence-electron chi connectivity index (χ1n) is 8.57. The Morgan fingerprint density at radius 2 is 1.95 bits per heavy atom. The summed E-state index contributed by atoms with van der Waals surface area (Å²) in [5.74, 6) is 0.157. The first-order chi connectivity index (χ1) is 10.1. The number of hydrogen-bond acceptors (Lipinski definition) is 3. The molecule has 1 fully saturated rings. The lowest BCUT2D eigenvalue weighted by atomic mass is 10.0. The van der Waals surface area contributed by atoms with Crippen LogP contribution in [0, 0.1) is 0 Å². The van der Waals surface area contributed by atoms with Crippen LogP contribution in [0.5, 0.6) is 0 Å². The van der Waals surface area contributed by atoms with E-state index in [-0.39, 0.29) is 11.9 Å². The van der Waals surface area contributed by atoms with E-state index in [1.54, 1.807) is 0 Å². The van der Waals surface area contributed by atoms with Gasteiger partial charge in [-0.2, -0.15) is 0 Å². The van der Waals surface area contributed by atoms with Gasteiger partial charge < -0.3 is 5.32 Å². The Morgan fingerprint density at radius 1 is 1.19 bits per heavy atom. The van der Waals surface area contributed by atoms with E-state index in [4.69, 9.17) is 0 Å². The molecule has 1 atom stereocenters. The molecular formula is C17H31N3O. The number of nitrogens with one attached hydrogen (secondary N) is 1. The van der Waals surface area contributed by atoms with E-state index >= 15 is 0 Å². The molecule has 1 aliphatic heterocycles. The van der Waals surface area contributed by atoms with Crippen LogP contribution in [0.3, 0.4) is 0 Å². The Balaban J connectivity index is 1.74. The molecule has 0 saturated carbocycles. The molecule has 1 saturated heterocycles. The molecule has 1 heterocycles. The smallest absolute Gasteiger partial charge is 0.234 e. The number of nitrogens with zero attached hydrogens (tertiary/aromatic N) is 2. The number of carbonyl (C=O) groups excluding carboxylic acids is 1. The minimum Gasteiger partial charge on any atom is -0.353 e. The summed E-state index contributed by atoms with van der Waals surface area (Å²) in [4.78, 5) is 16.7. The Bertz CT molecular complexity index is 346. The number of hydrogen-bond donors (Lipinski definition) is 1. The van der Waals surface area contributed by atoms with Crippen molar-refractivity contribution in [1.29, 1.82) is 0 Å². The van der Waals surface area contributed by atoms with Crippen LogP contribution in [0.25, 0.3) is 0 Å². The predicted molar refractivity (Wildman–Crippen MR) is 87.3 cm³/mol. The fourth-order valence-corrected chi connectivity index (χ4v) is 3.27. The van der Waals surface area contributed by atoms with Crippen molar-refractivity contribution in [2.45, 2.75) is 58.0 Å². The molecule has 4 heteroatoms. The van der Waals surface area contributed by atoms with E-state index in [9.17, 15) is 4.79 Å². The van der Waals surface area contributed by atoms with Gasteiger partial charge in [0.25, 0.3) is 0 Å². The van der Waals surface area contributed by atoms with Crippen molar-refractivity contribution >= 4 is 5.91 Å². The van der Waals surface area contributed by atoms with Crippen LogP contribution in [0.1, 0.15) is 46.0 Å². The lowest BCUT2D eigenvalue weighted by Gasteiger charge is -2.38. The highest BCUT2D eigenvalue weighted by atomic mass is 16.2. The first-order valence-corrected chi connectivity index (χ1v) is 8.57. The van der Waals surface area contributed by atoms with Crippen LogP contribution < -0.4 is 5.32 Å². The second kappa shape index (κ2) is 8.54. The molecule has 120 valence electrons. The molecule has 21 heavy (non-hydrogen) atoms. The maximum absolute atomic E-state index is 11.8. The lowest BCUT2D eigenvalue weighted by Crippen LogP contribution is -2.52. The quantitative estimate of drug-likeness (QED) is 0.806. The predicted octanol–water partition coefficient (Wildman–Crippen LogP) is 2.02. The molecule has 2 aliphatic rings. The number of piperazine rings is 1. The minimum atomic E-state index is 0.157. The van der Waals surface area contributed by atoms with Gasteiger partial charge in [-0.1, -0.05) is 25.0 Å². The minimum absolute atomic E-state index is 0.157. The number of amides is 1. The Kier molecular flexibility index (Phi) is 6.71. The second-order valence-electron chi connectivity index (χ2n) is 6.67. The van der Waals surface area contributed by atoms with Gasteiger partial charge in [-0.05, 0) is 33.1 Å². The average Bonchev–Trinajstić information content (AvgIpc) is 2.38. The van der Waals surface area contributed by atoms with E-state index in [1.807, 2.05) is 13.8 Å². The zero-order valence-corrected chi connectivity index (χ0v) is 13.7. The summed E-state index contributed by atoms with van der Waals surface area (Å²) in [6, 6.07) is 0.857. The molecule has 1 N–H and O–H groups in total. The zero-order chi connectivity index (χ0) is 15.1. The summed E-state index contributed by atoms with van der Waals surface area (Å²) in [6.07, 6.45) is 11.4. The summed E-state index contributed by atoms with van der Waals surface area (Å²) in [6.45, 7) is 8.76. The van der Waals surface area contributed by atoms with Crippen molar-refractivity contribution in [3.05, 3.63) is 12.2 Å². The normalized spacial score (nSPS) is 25.6. The molecule has 0 aromatic heterocycles. The Labute approximate surface area is 129 Å². The largest absolute Gasteiger partial charge is 0.353 e. The van der Waals surface area contributed by atoms with Crippen LogP contribution in [-0.4, -0.2) is 60.5 Å². The van der Waals surface area contributed by atoms with Crippen molar-refractivity contribution in [3.8, 4) is 0 Å². The van der Waals surface area contributed by atoms with Crippen molar-refractivity contribution < 1.29 is 4.79 Å². The van der Waals surface area contributed by atoms with Gasteiger partial charge in [0, 0.05) is 38.3 Å². The van der Waals surface area contributed by atoms with Gasteiger partial charge in [-0.3, -0.25) is 14.6 Å². The van der Waals surface area contributed by atoms with E-state index in [2.05, 4.69) is 27.3 Å². The Hall–Kier alpha value is -0.870. The van der Waals surface area contributed by atoms with Gasteiger partial charge in [-0.15, -0.1) is 0 Å². The van der Waals surface area contributed by atoms with Crippen LogP contribution in [0.2, 0.25) is 0 Å². The standard InChI is InChI=1S/C17H31N3O/c1-15(2)18-17(21)14-19-10-12-20(13-11-19)16-8-6-4-3-5-7-9-16/h6,8,15-16H,3-5,7,9-14H2,1-2H3,(H,18,21). The number of rotatable bonds is 4.